The zero-order valence-corrected chi connectivity index (χ0v) is 24.2. The molecule has 10 heteroatoms. The Kier molecular flexibility index (Phi) is 7.01. The SMILES string of the molecule is [C-]#[N+]C[C@H]1CN(c2nc(OC[C@@H]3CCCN3C)nc3c(F)c(-c4cccc5c4CC4CC54)ccc23)CCN1C(=O)C(=C)F. The van der Waals surface area contributed by atoms with E-state index in [1.165, 1.54) is 22.4 Å². The molecule has 2 unspecified atom stereocenters. The number of benzene rings is 2. The average Bonchev–Trinajstić information content (AvgIpc) is 3.50. The second kappa shape index (κ2) is 10.9. The number of hydrogen-bond donors (Lipinski definition) is 0. The highest BCUT2D eigenvalue weighted by molar-refractivity contribution is 5.94. The normalized spacial score (nSPS) is 24.5. The highest BCUT2D eigenvalue weighted by atomic mass is 19.1. The largest absolute Gasteiger partial charge is 0.462 e. The van der Waals surface area contributed by atoms with Gasteiger partial charge in [0, 0.05) is 36.6 Å². The number of ether oxygens (including phenoxy) is 1. The van der Waals surface area contributed by atoms with E-state index in [9.17, 15) is 9.18 Å². The molecule has 0 bridgehead atoms. The number of nitrogens with zero attached hydrogens (tertiary/aromatic N) is 6. The molecule has 2 aromatic carbocycles. The number of likely N-dealkylation sites (N-methyl/N-ethyl adjacent to an activating group) is 1. The van der Waals surface area contributed by atoms with Crippen molar-refractivity contribution in [3.63, 3.8) is 0 Å². The summed E-state index contributed by atoms with van der Waals surface area (Å²) in [5, 5.41) is 0.526. The van der Waals surface area contributed by atoms with Crippen LogP contribution in [0.2, 0.25) is 0 Å². The number of carbonyl (C=O) groups is 1. The van der Waals surface area contributed by atoms with E-state index in [4.69, 9.17) is 16.3 Å². The van der Waals surface area contributed by atoms with E-state index in [2.05, 4.69) is 34.4 Å². The second-order valence-electron chi connectivity index (χ2n) is 12.3. The predicted molar refractivity (Wildman–Crippen MR) is 160 cm³/mol. The monoisotopic (exact) mass is 584 g/mol. The van der Waals surface area contributed by atoms with Gasteiger partial charge in [-0.3, -0.25) is 4.79 Å². The number of anilines is 1. The van der Waals surface area contributed by atoms with E-state index >= 15 is 4.39 Å². The topological polar surface area (TPSA) is 66.2 Å². The van der Waals surface area contributed by atoms with Gasteiger partial charge in [0.25, 0.3) is 5.91 Å². The first-order valence-corrected chi connectivity index (χ1v) is 15.0. The molecule has 222 valence electrons. The van der Waals surface area contributed by atoms with Gasteiger partial charge in [0.05, 0.1) is 0 Å². The van der Waals surface area contributed by atoms with Crippen molar-refractivity contribution in [3.8, 4) is 17.1 Å². The molecule has 3 fully saturated rings. The number of piperazine rings is 1. The van der Waals surface area contributed by atoms with E-state index in [0.717, 1.165) is 31.4 Å². The third kappa shape index (κ3) is 4.89. The van der Waals surface area contributed by atoms with Gasteiger partial charge in [-0.05, 0) is 73.9 Å². The predicted octanol–water partition coefficient (Wildman–Crippen LogP) is 4.99. The molecule has 0 N–H and O–H groups in total. The van der Waals surface area contributed by atoms with Gasteiger partial charge in [-0.15, -0.1) is 0 Å². The number of amides is 1. The smallest absolute Gasteiger partial charge is 0.319 e. The molecule has 3 aromatic rings. The van der Waals surface area contributed by atoms with Crippen LogP contribution in [0.5, 0.6) is 6.01 Å². The van der Waals surface area contributed by atoms with Crippen LogP contribution in [0.1, 0.15) is 36.3 Å². The van der Waals surface area contributed by atoms with Crippen molar-refractivity contribution < 1.29 is 18.3 Å². The number of rotatable bonds is 7. The molecule has 8 nitrogen and oxygen atoms in total. The summed E-state index contributed by atoms with van der Waals surface area (Å²) in [4.78, 5) is 30.9. The zero-order valence-electron chi connectivity index (χ0n) is 24.2. The molecule has 0 radical (unpaired) electrons. The summed E-state index contributed by atoms with van der Waals surface area (Å²) in [6, 6.07) is 9.59. The molecule has 0 spiro atoms. The minimum absolute atomic E-state index is 0.00444. The first-order chi connectivity index (χ1) is 20.8. The number of fused-ring (bicyclic) bond motifs is 4. The molecule has 1 saturated carbocycles. The van der Waals surface area contributed by atoms with Crippen molar-refractivity contribution in [2.45, 2.75) is 43.7 Å². The number of halogens is 2. The van der Waals surface area contributed by atoms with Crippen LogP contribution in [-0.2, 0) is 11.2 Å². The lowest BCUT2D eigenvalue weighted by atomic mass is 9.93. The van der Waals surface area contributed by atoms with Crippen molar-refractivity contribution in [1.82, 2.24) is 19.8 Å². The Morgan fingerprint density at radius 1 is 1.16 bits per heavy atom. The van der Waals surface area contributed by atoms with E-state index in [0.29, 0.717) is 41.8 Å². The first-order valence-electron chi connectivity index (χ1n) is 15.0. The maximum atomic E-state index is 16.6. The molecule has 4 atom stereocenters. The lowest BCUT2D eigenvalue weighted by Crippen LogP contribution is -2.56. The molecular formula is C33H34F2N6O2. The van der Waals surface area contributed by atoms with Crippen LogP contribution < -0.4 is 9.64 Å². The lowest BCUT2D eigenvalue weighted by molar-refractivity contribution is -0.131. The molecule has 2 aliphatic carbocycles. The third-order valence-corrected chi connectivity index (χ3v) is 9.71. The lowest BCUT2D eigenvalue weighted by Gasteiger charge is -2.39. The van der Waals surface area contributed by atoms with Gasteiger partial charge in [-0.1, -0.05) is 30.8 Å². The van der Waals surface area contributed by atoms with Crippen LogP contribution >= 0.6 is 0 Å². The Labute approximate surface area is 249 Å². The van der Waals surface area contributed by atoms with Crippen LogP contribution in [0.4, 0.5) is 14.6 Å². The van der Waals surface area contributed by atoms with Gasteiger partial charge in [0.1, 0.15) is 24.0 Å². The van der Waals surface area contributed by atoms with Crippen molar-refractivity contribution in [2.24, 2.45) is 5.92 Å². The summed E-state index contributed by atoms with van der Waals surface area (Å²) in [6.07, 6.45) is 4.29. The third-order valence-electron chi connectivity index (χ3n) is 9.71. The summed E-state index contributed by atoms with van der Waals surface area (Å²) in [5.41, 5.74) is 4.17. The molecule has 2 aliphatic heterocycles. The van der Waals surface area contributed by atoms with E-state index in [1.807, 2.05) is 29.2 Å². The summed E-state index contributed by atoms with van der Waals surface area (Å²) < 4.78 is 36.5. The number of aromatic nitrogens is 2. The van der Waals surface area contributed by atoms with Crippen molar-refractivity contribution in [3.05, 3.63) is 71.1 Å². The minimum Gasteiger partial charge on any atom is -0.462 e. The maximum Gasteiger partial charge on any atom is 0.319 e. The molecule has 1 aromatic heterocycles. The number of hydrogen-bond acceptors (Lipinski definition) is 6. The Hall–Kier alpha value is -4.10. The quantitative estimate of drug-likeness (QED) is 0.288. The molecule has 2 saturated heterocycles. The summed E-state index contributed by atoms with van der Waals surface area (Å²) in [7, 11) is 2.06. The van der Waals surface area contributed by atoms with Crippen molar-refractivity contribution in [1.29, 1.82) is 0 Å². The van der Waals surface area contributed by atoms with Gasteiger partial charge in [0.2, 0.25) is 6.54 Å². The Morgan fingerprint density at radius 2 is 2.02 bits per heavy atom. The Morgan fingerprint density at radius 3 is 2.79 bits per heavy atom. The molecular weight excluding hydrogens is 550 g/mol. The van der Waals surface area contributed by atoms with Gasteiger partial charge in [-0.2, -0.15) is 9.97 Å². The first kappa shape index (κ1) is 27.7. The van der Waals surface area contributed by atoms with E-state index in [-0.39, 0.29) is 37.2 Å². The minimum atomic E-state index is -1.05. The molecule has 3 heterocycles. The Bertz CT molecular complexity index is 1670. The van der Waals surface area contributed by atoms with Gasteiger partial charge < -0.3 is 24.3 Å². The summed E-state index contributed by atoms with van der Waals surface area (Å²) in [5.74, 6) is -0.531. The fourth-order valence-electron chi connectivity index (χ4n) is 7.28. The van der Waals surface area contributed by atoms with Crippen molar-refractivity contribution >= 4 is 22.6 Å². The van der Waals surface area contributed by atoms with Crippen molar-refractivity contribution in [2.75, 3.05) is 51.3 Å². The average molecular weight is 585 g/mol. The van der Waals surface area contributed by atoms with Gasteiger partial charge in [-0.25, -0.2) is 15.4 Å². The van der Waals surface area contributed by atoms with Crippen LogP contribution in [-0.4, -0.2) is 84.1 Å². The molecule has 1 amide bonds. The highest BCUT2D eigenvalue weighted by Gasteiger charge is 2.46. The van der Waals surface area contributed by atoms with Crippen LogP contribution in [0.3, 0.4) is 0 Å². The van der Waals surface area contributed by atoms with E-state index < -0.39 is 23.6 Å². The number of likely N-dealkylation sites (tertiary alicyclic amines) is 1. The number of carbonyl (C=O) groups excluding carboxylic acids is 1. The second-order valence-corrected chi connectivity index (χ2v) is 12.3. The van der Waals surface area contributed by atoms with Gasteiger partial charge in [0.15, 0.2) is 11.6 Å². The maximum absolute atomic E-state index is 16.6. The summed E-state index contributed by atoms with van der Waals surface area (Å²) >= 11 is 0. The van der Waals surface area contributed by atoms with Gasteiger partial charge >= 0.3 is 6.01 Å². The molecule has 43 heavy (non-hydrogen) atoms. The zero-order chi connectivity index (χ0) is 29.8. The molecule has 4 aliphatic rings. The standard InChI is InChI=1S/C33H34F2N6O2/c1-19(34)32(42)41-13-12-40(17-22(41)16-36-2)31-26-10-9-25(23-7-4-8-24-27-14-20(27)15-28(23)24)29(35)30(26)37-33(38-31)43-18-21-6-5-11-39(21)3/h4,7-10,20-22,27H,1,5-6,11-18H2,3H3/t20?,21-,22-,27?/m0/s1. The van der Waals surface area contributed by atoms with E-state index in [1.54, 1.807) is 0 Å². The molecule has 7 rings (SSSR count). The Balaban J connectivity index is 1.29. The summed E-state index contributed by atoms with van der Waals surface area (Å²) in [6.45, 7) is 12.7. The fraction of sp³-hybridized carbons (Fsp3) is 0.455. The van der Waals surface area contributed by atoms with Crippen LogP contribution in [0.25, 0.3) is 26.9 Å². The fourth-order valence-corrected chi connectivity index (χ4v) is 7.28. The van der Waals surface area contributed by atoms with Crippen LogP contribution in [0, 0.1) is 18.3 Å². The van der Waals surface area contributed by atoms with Crippen LogP contribution in [0.15, 0.2) is 42.7 Å². The highest BCUT2D eigenvalue weighted by Crippen LogP contribution is 2.58.